The van der Waals surface area contributed by atoms with Crippen LogP contribution in [-0.4, -0.2) is 34.8 Å². The van der Waals surface area contributed by atoms with Crippen LogP contribution in [0.5, 0.6) is 0 Å². The first-order valence-corrected chi connectivity index (χ1v) is 6.50. The highest BCUT2D eigenvalue weighted by molar-refractivity contribution is 6.18. The van der Waals surface area contributed by atoms with Crippen LogP contribution in [0.3, 0.4) is 0 Å². The molecule has 17 heavy (non-hydrogen) atoms. The first-order valence-electron chi connectivity index (χ1n) is 5.97. The smallest absolute Gasteiger partial charge is 0.255 e. The lowest BCUT2D eigenvalue weighted by atomic mass is 10.2. The van der Waals surface area contributed by atoms with E-state index in [1.165, 1.54) is 0 Å². The Hall–Kier alpha value is -1.09. The average Bonchev–Trinajstić information content (AvgIpc) is 2.34. The van der Waals surface area contributed by atoms with E-state index in [0.717, 1.165) is 25.1 Å². The average molecular weight is 255 g/mol. The number of aromatic nitrogens is 1. The summed E-state index contributed by atoms with van der Waals surface area (Å²) in [4.78, 5) is 18.1. The minimum Gasteiger partial charge on any atom is -0.337 e. The van der Waals surface area contributed by atoms with E-state index in [9.17, 15) is 4.79 Å². The third kappa shape index (κ3) is 4.35. The van der Waals surface area contributed by atoms with Crippen LogP contribution >= 0.6 is 11.6 Å². The first-order chi connectivity index (χ1) is 8.19. The van der Waals surface area contributed by atoms with Crippen LogP contribution in [0.4, 0.5) is 0 Å². The number of aryl methyl sites for hydroxylation is 1. The minimum absolute atomic E-state index is 0.0200. The summed E-state index contributed by atoms with van der Waals surface area (Å²) in [5, 5.41) is 0. The summed E-state index contributed by atoms with van der Waals surface area (Å²) in [6, 6.07) is 3.67. The Kier molecular flexibility index (Phi) is 5.98. The molecule has 3 nitrogen and oxygen atoms in total. The van der Waals surface area contributed by atoms with E-state index >= 15 is 0 Å². The van der Waals surface area contributed by atoms with Gasteiger partial charge in [-0.05, 0) is 25.5 Å². The van der Waals surface area contributed by atoms with E-state index in [0.29, 0.717) is 18.0 Å². The molecule has 0 saturated carbocycles. The summed E-state index contributed by atoms with van der Waals surface area (Å²) in [7, 11) is 0. The van der Waals surface area contributed by atoms with Crippen molar-refractivity contribution in [2.75, 3.05) is 19.0 Å². The second-order valence-electron chi connectivity index (χ2n) is 4.02. The second kappa shape index (κ2) is 7.28. The van der Waals surface area contributed by atoms with Crippen LogP contribution in [0.25, 0.3) is 0 Å². The summed E-state index contributed by atoms with van der Waals surface area (Å²) in [5.74, 6) is 0.487. The molecule has 0 N–H and O–H groups in total. The van der Waals surface area contributed by atoms with Crippen molar-refractivity contribution in [3.63, 3.8) is 0 Å². The van der Waals surface area contributed by atoms with Gasteiger partial charge in [-0.2, -0.15) is 0 Å². The Morgan fingerprint density at radius 1 is 1.41 bits per heavy atom. The minimum atomic E-state index is 0.0200. The van der Waals surface area contributed by atoms with Gasteiger partial charge in [-0.1, -0.05) is 13.3 Å². The fourth-order valence-electron chi connectivity index (χ4n) is 1.54. The van der Waals surface area contributed by atoms with E-state index in [2.05, 4.69) is 11.9 Å². The number of rotatable bonds is 6. The SMILES string of the molecule is CCCCN(CCCl)C(=O)c1ccc(C)nc1. The topological polar surface area (TPSA) is 33.2 Å². The lowest BCUT2D eigenvalue weighted by Gasteiger charge is -2.21. The van der Waals surface area contributed by atoms with Gasteiger partial charge in [0.05, 0.1) is 5.56 Å². The molecule has 0 spiro atoms. The van der Waals surface area contributed by atoms with Gasteiger partial charge in [0.25, 0.3) is 5.91 Å². The molecule has 1 heterocycles. The van der Waals surface area contributed by atoms with E-state index in [4.69, 9.17) is 11.6 Å². The molecule has 0 saturated heterocycles. The number of carbonyl (C=O) groups is 1. The zero-order valence-corrected chi connectivity index (χ0v) is 11.2. The fourth-order valence-corrected chi connectivity index (χ4v) is 1.75. The normalized spacial score (nSPS) is 10.3. The van der Waals surface area contributed by atoms with Crippen LogP contribution in [0.1, 0.15) is 35.8 Å². The number of pyridine rings is 1. The Morgan fingerprint density at radius 2 is 2.18 bits per heavy atom. The van der Waals surface area contributed by atoms with Gasteiger partial charge in [0, 0.05) is 30.9 Å². The highest BCUT2D eigenvalue weighted by atomic mass is 35.5. The number of carbonyl (C=O) groups excluding carboxylic acids is 1. The van der Waals surface area contributed by atoms with Crippen LogP contribution in [0, 0.1) is 6.92 Å². The van der Waals surface area contributed by atoms with Crippen LogP contribution in [-0.2, 0) is 0 Å². The zero-order valence-electron chi connectivity index (χ0n) is 10.4. The predicted molar refractivity (Wildman–Crippen MR) is 70.5 cm³/mol. The quantitative estimate of drug-likeness (QED) is 0.732. The molecular formula is C13H19ClN2O. The molecule has 0 atom stereocenters. The largest absolute Gasteiger partial charge is 0.337 e. The number of halogens is 1. The van der Waals surface area contributed by atoms with Gasteiger partial charge in [0.2, 0.25) is 0 Å². The summed E-state index contributed by atoms with van der Waals surface area (Å²) in [6.45, 7) is 5.36. The molecule has 4 heteroatoms. The van der Waals surface area contributed by atoms with Crippen LogP contribution < -0.4 is 0 Å². The summed E-state index contributed by atoms with van der Waals surface area (Å²) >= 11 is 5.72. The lowest BCUT2D eigenvalue weighted by Crippen LogP contribution is -2.33. The highest BCUT2D eigenvalue weighted by Gasteiger charge is 2.14. The Morgan fingerprint density at radius 3 is 2.71 bits per heavy atom. The number of hydrogen-bond donors (Lipinski definition) is 0. The maximum atomic E-state index is 12.2. The van der Waals surface area contributed by atoms with E-state index in [1.54, 1.807) is 11.1 Å². The predicted octanol–water partition coefficient (Wildman–Crippen LogP) is 2.87. The molecule has 0 unspecified atom stereocenters. The van der Waals surface area contributed by atoms with Crippen molar-refractivity contribution in [2.24, 2.45) is 0 Å². The van der Waals surface area contributed by atoms with Gasteiger partial charge in [-0.3, -0.25) is 9.78 Å². The molecule has 0 radical (unpaired) electrons. The van der Waals surface area contributed by atoms with Crippen molar-refractivity contribution in [1.82, 2.24) is 9.88 Å². The van der Waals surface area contributed by atoms with Crippen molar-refractivity contribution >= 4 is 17.5 Å². The molecule has 0 fully saturated rings. The molecule has 1 aromatic rings. The third-order valence-corrected chi connectivity index (χ3v) is 2.75. The number of alkyl halides is 1. The maximum absolute atomic E-state index is 12.2. The third-order valence-electron chi connectivity index (χ3n) is 2.58. The van der Waals surface area contributed by atoms with Crippen LogP contribution in [0.2, 0.25) is 0 Å². The highest BCUT2D eigenvalue weighted by Crippen LogP contribution is 2.06. The van der Waals surface area contributed by atoms with Gasteiger partial charge in [0.1, 0.15) is 0 Å². The molecule has 0 aliphatic carbocycles. The molecule has 1 rings (SSSR count). The molecular weight excluding hydrogens is 236 g/mol. The van der Waals surface area contributed by atoms with Crippen molar-refractivity contribution < 1.29 is 4.79 Å². The molecule has 0 aliphatic rings. The van der Waals surface area contributed by atoms with E-state index < -0.39 is 0 Å². The molecule has 0 bridgehead atoms. The molecule has 1 aromatic heterocycles. The van der Waals surface area contributed by atoms with Crippen molar-refractivity contribution in [3.05, 3.63) is 29.6 Å². The summed E-state index contributed by atoms with van der Waals surface area (Å²) < 4.78 is 0. The standard InChI is InChI=1S/C13H19ClN2O/c1-3-4-8-16(9-7-14)13(17)12-6-5-11(2)15-10-12/h5-6,10H,3-4,7-9H2,1-2H3. The van der Waals surface area contributed by atoms with Gasteiger partial charge < -0.3 is 4.90 Å². The summed E-state index contributed by atoms with van der Waals surface area (Å²) in [6.07, 6.45) is 3.70. The fraction of sp³-hybridized carbons (Fsp3) is 0.538. The molecule has 0 aromatic carbocycles. The second-order valence-corrected chi connectivity index (χ2v) is 4.40. The number of unbranched alkanes of at least 4 members (excludes halogenated alkanes) is 1. The molecule has 1 amide bonds. The van der Waals surface area contributed by atoms with Crippen molar-refractivity contribution in [3.8, 4) is 0 Å². The van der Waals surface area contributed by atoms with Crippen LogP contribution in [0.15, 0.2) is 18.3 Å². The van der Waals surface area contributed by atoms with Gasteiger partial charge in [0.15, 0.2) is 0 Å². The van der Waals surface area contributed by atoms with Crippen molar-refractivity contribution in [1.29, 1.82) is 0 Å². The van der Waals surface area contributed by atoms with Crippen molar-refractivity contribution in [2.45, 2.75) is 26.7 Å². The molecule has 0 aliphatic heterocycles. The Labute approximate surface area is 108 Å². The Bertz CT molecular complexity index is 351. The molecule has 94 valence electrons. The monoisotopic (exact) mass is 254 g/mol. The van der Waals surface area contributed by atoms with Gasteiger partial charge >= 0.3 is 0 Å². The Balaban J connectivity index is 2.72. The van der Waals surface area contributed by atoms with Gasteiger partial charge in [-0.15, -0.1) is 11.6 Å². The zero-order chi connectivity index (χ0) is 12.7. The van der Waals surface area contributed by atoms with E-state index in [1.807, 2.05) is 19.1 Å². The number of nitrogens with zero attached hydrogens (tertiary/aromatic N) is 2. The lowest BCUT2D eigenvalue weighted by molar-refractivity contribution is 0.0763. The number of amides is 1. The first kappa shape index (κ1) is 14.0. The van der Waals surface area contributed by atoms with Gasteiger partial charge in [-0.25, -0.2) is 0 Å². The number of hydrogen-bond acceptors (Lipinski definition) is 2. The summed E-state index contributed by atoms with van der Waals surface area (Å²) in [5.41, 5.74) is 1.55. The maximum Gasteiger partial charge on any atom is 0.255 e. The van der Waals surface area contributed by atoms with E-state index in [-0.39, 0.29) is 5.91 Å².